The molecule has 0 aromatic heterocycles. The summed E-state index contributed by atoms with van der Waals surface area (Å²) in [4.78, 5) is 21.8. The molecule has 4 nitrogen and oxygen atoms in total. The summed E-state index contributed by atoms with van der Waals surface area (Å²) in [6.45, 7) is 2.93. The van der Waals surface area contributed by atoms with E-state index in [4.69, 9.17) is 5.11 Å². The van der Waals surface area contributed by atoms with E-state index >= 15 is 0 Å². The largest absolute Gasteiger partial charge is 1.00 e. The van der Waals surface area contributed by atoms with Crippen LogP contribution in [0.25, 0.3) is 0 Å². The molecule has 2 N–H and O–H groups in total. The molecule has 0 aliphatic heterocycles. The van der Waals surface area contributed by atoms with Gasteiger partial charge in [-0.1, -0.05) is 71.1 Å². The van der Waals surface area contributed by atoms with Crippen LogP contribution in [0.2, 0.25) is 0 Å². The van der Waals surface area contributed by atoms with E-state index in [1.165, 1.54) is 57.8 Å². The third kappa shape index (κ3) is 22.1. The molecule has 0 aromatic rings. The Morgan fingerprint density at radius 1 is 0.826 bits per heavy atom. The number of hydrogen-bond acceptors (Lipinski definition) is 3. The van der Waals surface area contributed by atoms with Gasteiger partial charge in [0.1, 0.15) is 5.78 Å². The zero-order valence-corrected chi connectivity index (χ0v) is 17.4. The molecule has 5 heteroatoms. The van der Waals surface area contributed by atoms with Crippen molar-refractivity contribution >= 4 is 11.8 Å². The van der Waals surface area contributed by atoms with E-state index in [-0.39, 0.29) is 43.2 Å². The molecule has 0 spiro atoms. The molecule has 0 atom stereocenters. The summed E-state index contributed by atoms with van der Waals surface area (Å²) in [5.74, 6) is -0.633. The first-order valence-corrected chi connectivity index (χ1v) is 9.11. The van der Waals surface area contributed by atoms with E-state index in [9.17, 15) is 9.59 Å². The molecule has 0 amide bonds. The summed E-state index contributed by atoms with van der Waals surface area (Å²) < 4.78 is 0. The number of nitrogens with one attached hydrogen (secondary N) is 1. The zero-order chi connectivity index (χ0) is 16.5. The van der Waals surface area contributed by atoms with Gasteiger partial charge >= 0.3 is 35.5 Å². The monoisotopic (exact) mass is 337 g/mol. The number of ketones is 1. The van der Waals surface area contributed by atoms with Gasteiger partial charge in [-0.15, -0.1) is 0 Å². The number of aliphatic carboxylic acids is 1. The van der Waals surface area contributed by atoms with Gasteiger partial charge in [0.15, 0.2) is 0 Å². The van der Waals surface area contributed by atoms with Gasteiger partial charge in [0, 0.05) is 13.0 Å². The molecule has 0 rings (SSSR count). The van der Waals surface area contributed by atoms with Crippen molar-refractivity contribution in [3.8, 4) is 0 Å². The van der Waals surface area contributed by atoms with Crippen molar-refractivity contribution in [1.82, 2.24) is 5.32 Å². The first-order valence-electron chi connectivity index (χ1n) is 9.11. The maximum absolute atomic E-state index is 11.5. The van der Waals surface area contributed by atoms with Crippen LogP contribution in [0.5, 0.6) is 0 Å². The number of carboxylic acids is 1. The summed E-state index contributed by atoms with van der Waals surface area (Å²) in [6, 6.07) is 0. The number of unbranched alkanes of at least 4 members (excludes halogenated alkanes) is 10. The quantitative estimate of drug-likeness (QED) is 0.311. The second kappa shape index (κ2) is 20.1. The minimum Gasteiger partial charge on any atom is -1.00 e. The molecule has 0 aliphatic rings. The second-order valence-electron chi connectivity index (χ2n) is 6.14. The van der Waals surface area contributed by atoms with Gasteiger partial charge < -0.3 is 11.8 Å². The maximum atomic E-state index is 11.5. The van der Waals surface area contributed by atoms with Crippen LogP contribution in [0.3, 0.4) is 0 Å². The second-order valence-corrected chi connectivity index (χ2v) is 6.14. The predicted octanol–water partition coefficient (Wildman–Crippen LogP) is 1.44. The molecule has 0 aliphatic carbocycles. The van der Waals surface area contributed by atoms with Crippen LogP contribution in [-0.4, -0.2) is 29.9 Å². The minimum absolute atomic E-state index is 0. The van der Waals surface area contributed by atoms with E-state index in [0.29, 0.717) is 19.5 Å². The first kappa shape index (κ1) is 25.3. The van der Waals surface area contributed by atoms with E-state index < -0.39 is 5.97 Å². The Labute approximate surface area is 166 Å². The molecule has 0 bridgehead atoms. The van der Waals surface area contributed by atoms with E-state index in [1.54, 1.807) is 0 Å². The Balaban J connectivity index is -0.00000220. The number of carboxylic acid groups (broad SMARTS) is 1. The van der Waals surface area contributed by atoms with Crippen LogP contribution >= 0.6 is 0 Å². The first-order chi connectivity index (χ1) is 10.7. The van der Waals surface area contributed by atoms with Crippen LogP contribution < -0.4 is 34.9 Å². The van der Waals surface area contributed by atoms with Crippen molar-refractivity contribution in [2.75, 3.05) is 13.1 Å². The molecule has 132 valence electrons. The van der Waals surface area contributed by atoms with Crippen molar-refractivity contribution in [3.05, 3.63) is 0 Å². The Kier molecular flexibility index (Phi) is 22.2. The standard InChI is InChI=1S/C18H35NO3.Na.H/c1-2-3-4-5-6-7-8-9-10-11-12-13-17(20)16-19-15-14-18(21)22;;/h19H,2-16H2,1H3,(H,21,22);;/q;+1;-1. The van der Waals surface area contributed by atoms with Crippen molar-refractivity contribution in [1.29, 1.82) is 0 Å². The molecule has 0 heterocycles. The normalized spacial score (nSPS) is 10.3. The Morgan fingerprint density at radius 2 is 1.30 bits per heavy atom. The number of rotatable bonds is 17. The zero-order valence-electron chi connectivity index (χ0n) is 16.4. The van der Waals surface area contributed by atoms with E-state index in [2.05, 4.69) is 12.2 Å². The molecular formula is C18H36NNaO3. The summed E-state index contributed by atoms with van der Waals surface area (Å²) in [5.41, 5.74) is 0. The van der Waals surface area contributed by atoms with Crippen LogP contribution in [0.4, 0.5) is 0 Å². The van der Waals surface area contributed by atoms with Gasteiger partial charge in [-0.2, -0.15) is 0 Å². The van der Waals surface area contributed by atoms with Crippen LogP contribution in [0.1, 0.15) is 91.8 Å². The van der Waals surface area contributed by atoms with Gasteiger partial charge in [-0.25, -0.2) is 0 Å². The Bertz CT molecular complexity index is 291. The topological polar surface area (TPSA) is 66.4 Å². The summed E-state index contributed by atoms with van der Waals surface area (Å²) in [5, 5.41) is 11.3. The van der Waals surface area contributed by atoms with Crippen molar-refractivity contribution in [2.45, 2.75) is 90.4 Å². The van der Waals surface area contributed by atoms with Gasteiger partial charge in [0.05, 0.1) is 13.0 Å². The van der Waals surface area contributed by atoms with Gasteiger partial charge in [0.25, 0.3) is 0 Å². The number of hydrogen-bond donors (Lipinski definition) is 2. The fraction of sp³-hybridized carbons (Fsp3) is 0.889. The fourth-order valence-electron chi connectivity index (χ4n) is 2.50. The van der Waals surface area contributed by atoms with Crippen LogP contribution in [-0.2, 0) is 9.59 Å². The molecule has 0 radical (unpaired) electrons. The molecule has 0 saturated heterocycles. The summed E-state index contributed by atoms with van der Waals surface area (Å²) in [6.07, 6.45) is 14.8. The Hall–Kier alpha value is 0.100. The molecule has 0 unspecified atom stereocenters. The Morgan fingerprint density at radius 3 is 1.78 bits per heavy atom. The smallest absolute Gasteiger partial charge is 1.00 e. The maximum Gasteiger partial charge on any atom is 1.00 e. The number of carbonyl (C=O) groups is 2. The number of Topliss-reactive ketones (excluding diaryl/α,β-unsaturated/α-hetero) is 1. The molecular weight excluding hydrogens is 301 g/mol. The fourth-order valence-corrected chi connectivity index (χ4v) is 2.50. The van der Waals surface area contributed by atoms with Gasteiger partial charge in [0.2, 0.25) is 0 Å². The summed E-state index contributed by atoms with van der Waals surface area (Å²) >= 11 is 0. The van der Waals surface area contributed by atoms with Crippen LogP contribution in [0.15, 0.2) is 0 Å². The molecule has 0 aromatic carbocycles. The average molecular weight is 337 g/mol. The SMILES string of the molecule is CCCCCCCCCCCCCC(=O)CNCCC(=O)O.[H-].[Na+]. The van der Waals surface area contributed by atoms with Crippen molar-refractivity contribution in [2.24, 2.45) is 0 Å². The van der Waals surface area contributed by atoms with Crippen molar-refractivity contribution in [3.63, 3.8) is 0 Å². The van der Waals surface area contributed by atoms with Gasteiger partial charge in [-0.3, -0.25) is 9.59 Å². The van der Waals surface area contributed by atoms with E-state index in [1.807, 2.05) is 0 Å². The third-order valence-corrected chi connectivity index (χ3v) is 3.90. The van der Waals surface area contributed by atoms with Crippen LogP contribution in [0, 0.1) is 0 Å². The van der Waals surface area contributed by atoms with Gasteiger partial charge in [-0.05, 0) is 6.42 Å². The molecule has 23 heavy (non-hydrogen) atoms. The number of carbonyl (C=O) groups excluding carboxylic acids is 1. The minimum atomic E-state index is -0.828. The predicted molar refractivity (Wildman–Crippen MR) is 92.3 cm³/mol. The van der Waals surface area contributed by atoms with E-state index in [0.717, 1.165) is 12.8 Å². The third-order valence-electron chi connectivity index (χ3n) is 3.90. The van der Waals surface area contributed by atoms with Crippen molar-refractivity contribution < 1.29 is 45.7 Å². The molecule has 0 fully saturated rings. The summed E-state index contributed by atoms with van der Waals surface area (Å²) in [7, 11) is 0. The molecule has 0 saturated carbocycles. The average Bonchev–Trinajstić information content (AvgIpc) is 2.49.